The fourth-order valence-electron chi connectivity index (χ4n) is 0.732. The predicted octanol–water partition coefficient (Wildman–Crippen LogP) is 1.32. The highest BCUT2D eigenvalue weighted by Gasteiger charge is 2.25. The van der Waals surface area contributed by atoms with E-state index < -0.39 is 11.4 Å². The summed E-state index contributed by atoms with van der Waals surface area (Å²) < 4.78 is 0. The van der Waals surface area contributed by atoms with E-state index in [4.69, 9.17) is 10.4 Å². The number of nitrogens with two attached hydrogens (primary N) is 1. The molecule has 0 rings (SSSR count). The molecule has 0 radical (unpaired) electrons. The van der Waals surface area contributed by atoms with Crippen LogP contribution in [0.15, 0.2) is 0 Å². The van der Waals surface area contributed by atoms with Gasteiger partial charge in [-0.25, -0.2) is 0 Å². The molecule has 0 saturated heterocycles. The maximum absolute atomic E-state index is 10.4. The van der Waals surface area contributed by atoms with Gasteiger partial charge in [0.05, 0.1) is 5.41 Å². The minimum atomic E-state index is -0.704. The molecule has 0 spiro atoms. The number of carbonyl (C=O) groups is 1. The summed E-state index contributed by atoms with van der Waals surface area (Å²) >= 11 is 0. The molecule has 0 aliphatic heterocycles. The zero-order valence-corrected chi connectivity index (χ0v) is 7.79. The first-order valence-electron chi connectivity index (χ1n) is 3.75. The summed E-state index contributed by atoms with van der Waals surface area (Å²) in [5, 5.41) is 15.7. The molecular weight excluding hydrogens is 156 g/mol. The molecule has 0 amide bonds. The summed E-state index contributed by atoms with van der Waals surface area (Å²) in [6, 6.07) is 0. The molecule has 0 aromatic carbocycles. The number of nitrogens with zero attached hydrogens (tertiary/aromatic N) is 1. The Morgan fingerprint density at radius 2 is 2.00 bits per heavy atom. The van der Waals surface area contributed by atoms with Crippen LogP contribution in [0, 0.1) is 16.9 Å². The van der Waals surface area contributed by atoms with E-state index in [0.717, 1.165) is 12.8 Å². The van der Waals surface area contributed by atoms with Crippen LogP contribution in [0.5, 0.6) is 0 Å². The normalized spacial score (nSPS) is 9.17. The van der Waals surface area contributed by atoms with E-state index in [2.05, 4.69) is 5.73 Å². The fourth-order valence-corrected chi connectivity index (χ4v) is 0.732. The summed E-state index contributed by atoms with van der Waals surface area (Å²) in [5.41, 5.74) is 3.62. The molecule has 0 aromatic rings. The van der Waals surface area contributed by atoms with E-state index in [9.17, 15) is 4.79 Å². The number of nitriles is 1. The van der Waals surface area contributed by atoms with E-state index in [-0.39, 0.29) is 0 Å². The van der Waals surface area contributed by atoms with Crippen molar-refractivity contribution < 1.29 is 9.90 Å². The number of carboxylic acids is 1. The third-order valence-corrected chi connectivity index (χ3v) is 1.45. The Kier molecular flexibility index (Phi) is 7.20. The predicted molar refractivity (Wildman–Crippen MR) is 46.1 cm³/mol. The number of hydrogen-bond donors (Lipinski definition) is 2. The molecule has 4 nitrogen and oxygen atoms in total. The topological polar surface area (TPSA) is 87.1 Å². The highest BCUT2D eigenvalue weighted by molar-refractivity contribution is 5.73. The molecule has 0 heterocycles. The van der Waals surface area contributed by atoms with Crippen molar-refractivity contribution in [3.8, 4) is 6.19 Å². The van der Waals surface area contributed by atoms with Crippen LogP contribution in [0.1, 0.15) is 33.6 Å². The number of carboxylic acid groups (broad SMARTS) is 1. The average molecular weight is 172 g/mol. The van der Waals surface area contributed by atoms with Gasteiger partial charge in [0.25, 0.3) is 0 Å². The minimum absolute atomic E-state index is 0.533. The molecule has 3 N–H and O–H groups in total. The summed E-state index contributed by atoms with van der Waals surface area (Å²) in [4.78, 5) is 10.4. The van der Waals surface area contributed by atoms with Crippen molar-refractivity contribution in [2.75, 3.05) is 0 Å². The quantitative estimate of drug-likeness (QED) is 0.496. The van der Waals surface area contributed by atoms with Gasteiger partial charge in [-0.1, -0.05) is 13.3 Å². The molecule has 0 aliphatic carbocycles. The Balaban J connectivity index is 0. The van der Waals surface area contributed by atoms with Crippen LogP contribution in [0.25, 0.3) is 0 Å². The van der Waals surface area contributed by atoms with Crippen LogP contribution in [0.4, 0.5) is 0 Å². The molecule has 12 heavy (non-hydrogen) atoms. The molecule has 0 aliphatic rings. The Labute approximate surface area is 73.0 Å². The third kappa shape index (κ3) is 6.87. The Bertz CT molecular complexity index is 170. The van der Waals surface area contributed by atoms with Crippen molar-refractivity contribution in [1.29, 1.82) is 5.26 Å². The highest BCUT2D eigenvalue weighted by Crippen LogP contribution is 2.21. The van der Waals surface area contributed by atoms with E-state index in [1.54, 1.807) is 13.8 Å². The lowest BCUT2D eigenvalue weighted by molar-refractivity contribution is -0.147. The first-order chi connectivity index (χ1) is 5.42. The van der Waals surface area contributed by atoms with Gasteiger partial charge in [0.15, 0.2) is 6.19 Å². The fraction of sp³-hybridized carbons (Fsp3) is 0.750. The van der Waals surface area contributed by atoms with Crippen molar-refractivity contribution >= 4 is 5.97 Å². The lowest BCUT2D eigenvalue weighted by Gasteiger charge is -2.16. The monoisotopic (exact) mass is 172 g/mol. The van der Waals surface area contributed by atoms with Crippen LogP contribution in [0.3, 0.4) is 0 Å². The van der Waals surface area contributed by atoms with Crippen LogP contribution >= 0.6 is 0 Å². The van der Waals surface area contributed by atoms with Crippen molar-refractivity contribution in [2.45, 2.75) is 33.6 Å². The maximum Gasteiger partial charge on any atom is 0.309 e. The Morgan fingerprint density at radius 3 is 2.08 bits per heavy atom. The third-order valence-electron chi connectivity index (χ3n) is 1.45. The van der Waals surface area contributed by atoms with E-state index >= 15 is 0 Å². The lowest BCUT2D eigenvalue weighted by atomic mass is 9.88. The zero-order chi connectivity index (χ0) is 10.2. The van der Waals surface area contributed by atoms with Crippen molar-refractivity contribution in [3.63, 3.8) is 0 Å². The first-order valence-corrected chi connectivity index (χ1v) is 3.75. The van der Waals surface area contributed by atoms with Gasteiger partial charge in [0, 0.05) is 0 Å². The van der Waals surface area contributed by atoms with E-state index in [0.29, 0.717) is 0 Å². The van der Waals surface area contributed by atoms with Gasteiger partial charge in [-0.2, -0.15) is 5.26 Å². The van der Waals surface area contributed by atoms with Gasteiger partial charge in [-0.3, -0.25) is 4.79 Å². The van der Waals surface area contributed by atoms with Crippen LogP contribution in [-0.2, 0) is 4.79 Å². The average Bonchev–Trinajstić information content (AvgIpc) is 1.88. The van der Waals surface area contributed by atoms with E-state index in [1.165, 1.54) is 6.19 Å². The summed E-state index contributed by atoms with van der Waals surface area (Å²) in [6.45, 7) is 5.49. The van der Waals surface area contributed by atoms with Gasteiger partial charge in [0.2, 0.25) is 0 Å². The van der Waals surface area contributed by atoms with Crippen LogP contribution < -0.4 is 5.73 Å². The zero-order valence-electron chi connectivity index (χ0n) is 7.79. The lowest BCUT2D eigenvalue weighted by Crippen LogP contribution is -2.22. The molecule has 0 unspecified atom stereocenters. The Hall–Kier alpha value is -1.24. The molecule has 0 saturated carbocycles. The molecule has 0 atom stereocenters. The molecule has 0 aromatic heterocycles. The van der Waals surface area contributed by atoms with E-state index in [1.807, 2.05) is 6.92 Å². The van der Waals surface area contributed by atoms with Gasteiger partial charge in [-0.15, -0.1) is 0 Å². The second-order valence-electron chi connectivity index (χ2n) is 3.07. The van der Waals surface area contributed by atoms with Gasteiger partial charge in [-0.05, 0) is 20.3 Å². The van der Waals surface area contributed by atoms with Crippen molar-refractivity contribution in [1.82, 2.24) is 0 Å². The molecular formula is C8H16N2O2. The van der Waals surface area contributed by atoms with Crippen LogP contribution in [0.2, 0.25) is 0 Å². The molecule has 70 valence electrons. The molecule has 0 fully saturated rings. The van der Waals surface area contributed by atoms with Crippen LogP contribution in [-0.4, -0.2) is 11.1 Å². The second-order valence-corrected chi connectivity index (χ2v) is 3.07. The minimum Gasteiger partial charge on any atom is -0.481 e. The van der Waals surface area contributed by atoms with Gasteiger partial charge >= 0.3 is 5.97 Å². The smallest absolute Gasteiger partial charge is 0.309 e. The SMILES string of the molecule is CCCC(C)(C)C(=O)O.N#CN. The van der Waals surface area contributed by atoms with Crippen molar-refractivity contribution in [2.24, 2.45) is 11.1 Å². The molecule has 4 heteroatoms. The standard InChI is InChI=1S/C7H14O2.CH2N2/c1-4-5-7(2,3)6(8)9;2-1-3/h4-5H2,1-3H3,(H,8,9);2H2. The number of rotatable bonds is 3. The van der Waals surface area contributed by atoms with Crippen molar-refractivity contribution in [3.05, 3.63) is 0 Å². The highest BCUT2D eigenvalue weighted by atomic mass is 16.4. The Morgan fingerprint density at radius 1 is 1.67 bits per heavy atom. The maximum atomic E-state index is 10.4. The second kappa shape index (κ2) is 6.47. The number of aliphatic carboxylic acids is 1. The first kappa shape index (κ1) is 13.4. The van der Waals surface area contributed by atoms with Gasteiger partial charge in [0.1, 0.15) is 0 Å². The van der Waals surface area contributed by atoms with Gasteiger partial charge < -0.3 is 10.8 Å². The molecule has 0 bridgehead atoms. The summed E-state index contributed by atoms with van der Waals surface area (Å²) in [6.07, 6.45) is 2.93. The number of hydrogen-bond acceptors (Lipinski definition) is 3. The summed E-state index contributed by atoms with van der Waals surface area (Å²) in [7, 11) is 0. The summed E-state index contributed by atoms with van der Waals surface area (Å²) in [5.74, 6) is -0.704. The largest absolute Gasteiger partial charge is 0.481 e.